The summed E-state index contributed by atoms with van der Waals surface area (Å²) in [7, 11) is 0. The summed E-state index contributed by atoms with van der Waals surface area (Å²) < 4.78 is 21.2. The first-order chi connectivity index (χ1) is 11.8. The van der Waals surface area contributed by atoms with Crippen molar-refractivity contribution in [3.8, 4) is 11.4 Å². The minimum atomic E-state index is -0.243. The van der Waals surface area contributed by atoms with Crippen LogP contribution in [-0.4, -0.2) is 22.4 Å². The van der Waals surface area contributed by atoms with Gasteiger partial charge < -0.3 is 10.1 Å². The molecule has 4 rings (SSSR count). The molecule has 122 valence electrons. The smallest absolute Gasteiger partial charge is 0.123 e. The Bertz CT molecular complexity index is 832. The number of nitrogens with zero attached hydrogens (tertiary/aromatic N) is 2. The summed E-state index contributed by atoms with van der Waals surface area (Å²) >= 11 is 0. The number of benzene rings is 2. The van der Waals surface area contributed by atoms with Crippen molar-refractivity contribution in [3.05, 3.63) is 77.9 Å². The number of nitrogens with one attached hydrogen (secondary N) is 1. The number of rotatable bonds is 4. The highest BCUT2D eigenvalue weighted by Crippen LogP contribution is 2.24. The lowest BCUT2D eigenvalue weighted by molar-refractivity contribution is 0.238. The van der Waals surface area contributed by atoms with E-state index in [2.05, 4.69) is 16.5 Å². The van der Waals surface area contributed by atoms with Crippen LogP contribution in [-0.2, 0) is 13.0 Å². The van der Waals surface area contributed by atoms with Gasteiger partial charge in [0.25, 0.3) is 0 Å². The molecular weight excluding hydrogens is 305 g/mol. The largest absolute Gasteiger partial charge is 0.492 e. The summed E-state index contributed by atoms with van der Waals surface area (Å²) in [5.41, 5.74) is 2.95. The van der Waals surface area contributed by atoms with Crippen LogP contribution in [0.4, 0.5) is 4.39 Å². The van der Waals surface area contributed by atoms with Crippen molar-refractivity contribution in [2.75, 3.05) is 6.61 Å². The summed E-state index contributed by atoms with van der Waals surface area (Å²) in [6, 6.07) is 14.9. The van der Waals surface area contributed by atoms with Crippen LogP contribution in [0.5, 0.6) is 5.75 Å². The van der Waals surface area contributed by atoms with Crippen molar-refractivity contribution in [1.82, 2.24) is 15.1 Å². The van der Waals surface area contributed by atoms with E-state index in [0.29, 0.717) is 13.2 Å². The van der Waals surface area contributed by atoms with Gasteiger partial charge in [0.15, 0.2) is 0 Å². The molecule has 2 heterocycles. The third-order valence-electron chi connectivity index (χ3n) is 4.25. The fraction of sp³-hybridized carbons (Fsp3) is 0.211. The molecule has 0 amide bonds. The fourth-order valence-corrected chi connectivity index (χ4v) is 3.04. The van der Waals surface area contributed by atoms with Gasteiger partial charge in [-0.25, -0.2) is 9.07 Å². The summed E-state index contributed by atoms with van der Waals surface area (Å²) in [6.45, 7) is 1.17. The molecule has 0 saturated carbocycles. The highest BCUT2D eigenvalue weighted by atomic mass is 19.1. The van der Waals surface area contributed by atoms with E-state index in [-0.39, 0.29) is 11.9 Å². The average Bonchev–Trinajstić information content (AvgIpc) is 3.14. The maximum absolute atomic E-state index is 13.7. The van der Waals surface area contributed by atoms with Crippen LogP contribution in [0.25, 0.3) is 5.69 Å². The van der Waals surface area contributed by atoms with E-state index in [4.69, 9.17) is 4.74 Å². The molecule has 1 aromatic heterocycles. The molecule has 2 aromatic carbocycles. The average molecular weight is 323 g/mol. The standard InChI is InChI=1S/C19H18FN3O/c20-16-6-7-18(23-9-3-8-22-23)15(10-16)12-21-17-11-14-4-1-2-5-19(14)24-13-17/h1-10,17,21H,11-13H2/t17-/m0/s1. The lowest BCUT2D eigenvalue weighted by atomic mass is 10.0. The van der Waals surface area contributed by atoms with Gasteiger partial charge in [-0.1, -0.05) is 18.2 Å². The van der Waals surface area contributed by atoms with Gasteiger partial charge >= 0.3 is 0 Å². The summed E-state index contributed by atoms with van der Waals surface area (Å²) in [5, 5.41) is 7.72. The molecule has 1 atom stereocenters. The Labute approximate surface area is 139 Å². The van der Waals surface area contributed by atoms with Crippen molar-refractivity contribution in [1.29, 1.82) is 0 Å². The van der Waals surface area contributed by atoms with Crippen LogP contribution >= 0.6 is 0 Å². The molecule has 0 unspecified atom stereocenters. The zero-order valence-corrected chi connectivity index (χ0v) is 13.2. The molecule has 0 saturated heterocycles. The molecule has 0 bridgehead atoms. The number of hydrogen-bond donors (Lipinski definition) is 1. The van der Waals surface area contributed by atoms with Gasteiger partial charge in [-0.15, -0.1) is 0 Å². The molecule has 24 heavy (non-hydrogen) atoms. The highest BCUT2D eigenvalue weighted by molar-refractivity contribution is 5.41. The quantitative estimate of drug-likeness (QED) is 0.802. The predicted molar refractivity (Wildman–Crippen MR) is 89.8 cm³/mol. The lowest BCUT2D eigenvalue weighted by Crippen LogP contribution is -2.39. The minimum Gasteiger partial charge on any atom is -0.492 e. The molecule has 5 heteroatoms. The normalized spacial score (nSPS) is 16.5. The van der Waals surface area contributed by atoms with Crippen molar-refractivity contribution in [3.63, 3.8) is 0 Å². The van der Waals surface area contributed by atoms with Gasteiger partial charge in [-0.3, -0.25) is 0 Å². The first kappa shape index (κ1) is 14.9. The van der Waals surface area contributed by atoms with Crippen LogP contribution in [0.2, 0.25) is 0 Å². The highest BCUT2D eigenvalue weighted by Gasteiger charge is 2.19. The van der Waals surface area contributed by atoms with Gasteiger partial charge in [0.05, 0.1) is 5.69 Å². The maximum atomic E-state index is 13.7. The Morgan fingerprint density at radius 2 is 2.12 bits per heavy atom. The Morgan fingerprint density at radius 3 is 3.00 bits per heavy atom. The Hall–Kier alpha value is -2.66. The van der Waals surface area contributed by atoms with E-state index in [1.54, 1.807) is 23.0 Å². The zero-order valence-electron chi connectivity index (χ0n) is 13.2. The fourth-order valence-electron chi connectivity index (χ4n) is 3.04. The topological polar surface area (TPSA) is 39.1 Å². The van der Waals surface area contributed by atoms with Crippen molar-refractivity contribution in [2.45, 2.75) is 19.0 Å². The van der Waals surface area contributed by atoms with Gasteiger partial charge in [0, 0.05) is 25.0 Å². The number of aromatic nitrogens is 2. The van der Waals surface area contributed by atoms with Crippen LogP contribution < -0.4 is 10.1 Å². The van der Waals surface area contributed by atoms with E-state index in [1.165, 1.54) is 11.6 Å². The van der Waals surface area contributed by atoms with Crippen molar-refractivity contribution >= 4 is 0 Å². The second-order valence-corrected chi connectivity index (χ2v) is 5.92. The lowest BCUT2D eigenvalue weighted by Gasteiger charge is -2.26. The maximum Gasteiger partial charge on any atom is 0.123 e. The van der Waals surface area contributed by atoms with E-state index >= 15 is 0 Å². The van der Waals surface area contributed by atoms with Crippen molar-refractivity contribution in [2.24, 2.45) is 0 Å². The van der Waals surface area contributed by atoms with Crippen molar-refractivity contribution < 1.29 is 9.13 Å². The van der Waals surface area contributed by atoms with E-state index in [1.807, 2.05) is 30.5 Å². The minimum absolute atomic E-state index is 0.202. The summed E-state index contributed by atoms with van der Waals surface area (Å²) in [6.07, 6.45) is 4.48. The van der Waals surface area contributed by atoms with Gasteiger partial charge in [-0.05, 0) is 47.9 Å². The molecule has 4 nitrogen and oxygen atoms in total. The summed E-state index contributed by atoms with van der Waals surface area (Å²) in [5.74, 6) is 0.714. The monoisotopic (exact) mass is 323 g/mol. The Kier molecular flexibility index (Phi) is 4.01. The SMILES string of the molecule is Fc1ccc(-n2cccn2)c(CN[C@@H]2COc3ccccc3C2)c1. The van der Waals surface area contributed by atoms with Crippen LogP contribution in [0.1, 0.15) is 11.1 Å². The van der Waals surface area contributed by atoms with E-state index in [0.717, 1.165) is 23.4 Å². The number of halogens is 1. The third kappa shape index (κ3) is 3.03. The molecule has 1 aliphatic rings. The van der Waals surface area contributed by atoms with Crippen LogP contribution in [0, 0.1) is 5.82 Å². The molecule has 1 aliphatic heterocycles. The summed E-state index contributed by atoms with van der Waals surface area (Å²) in [4.78, 5) is 0. The van der Waals surface area contributed by atoms with E-state index < -0.39 is 0 Å². The number of para-hydroxylation sites is 1. The third-order valence-corrected chi connectivity index (χ3v) is 4.25. The second-order valence-electron chi connectivity index (χ2n) is 5.92. The number of fused-ring (bicyclic) bond motifs is 1. The molecule has 1 N–H and O–H groups in total. The Morgan fingerprint density at radius 1 is 1.21 bits per heavy atom. The van der Waals surface area contributed by atoms with Gasteiger partial charge in [0.2, 0.25) is 0 Å². The van der Waals surface area contributed by atoms with Crippen LogP contribution in [0.3, 0.4) is 0 Å². The zero-order chi connectivity index (χ0) is 16.4. The van der Waals surface area contributed by atoms with E-state index in [9.17, 15) is 4.39 Å². The Balaban J connectivity index is 1.50. The molecule has 3 aromatic rings. The number of hydrogen-bond acceptors (Lipinski definition) is 3. The first-order valence-corrected chi connectivity index (χ1v) is 8.02. The predicted octanol–water partition coefficient (Wildman–Crippen LogP) is 3.10. The second kappa shape index (κ2) is 6.45. The van der Waals surface area contributed by atoms with Gasteiger partial charge in [-0.2, -0.15) is 5.10 Å². The van der Waals surface area contributed by atoms with Crippen LogP contribution in [0.15, 0.2) is 60.9 Å². The first-order valence-electron chi connectivity index (χ1n) is 8.02. The molecular formula is C19H18FN3O. The van der Waals surface area contributed by atoms with Gasteiger partial charge in [0.1, 0.15) is 18.2 Å². The number of ether oxygens (including phenoxy) is 1. The molecule has 0 aliphatic carbocycles. The molecule has 0 radical (unpaired) electrons. The molecule has 0 spiro atoms. The molecule has 0 fully saturated rings.